The molecule has 0 bridgehead atoms. The van der Waals surface area contributed by atoms with Gasteiger partial charge in [-0.05, 0) is 18.2 Å². The van der Waals surface area contributed by atoms with Crippen LogP contribution >= 0.6 is 30.9 Å². The monoisotopic (exact) mass is 283 g/mol. The van der Waals surface area contributed by atoms with Gasteiger partial charge in [0, 0.05) is 18.7 Å². The van der Waals surface area contributed by atoms with E-state index >= 15 is 0 Å². The maximum Gasteiger partial charge on any atom is 0.458 e. The first kappa shape index (κ1) is 13.8. The van der Waals surface area contributed by atoms with Gasteiger partial charge in [-0.1, -0.05) is 30.1 Å². The van der Waals surface area contributed by atoms with Gasteiger partial charge in [0.1, 0.15) is 5.75 Å². The molecule has 16 heavy (non-hydrogen) atoms. The zero-order valence-electron chi connectivity index (χ0n) is 8.87. The molecule has 0 saturated heterocycles. The van der Waals surface area contributed by atoms with Gasteiger partial charge in [0.25, 0.3) is 0 Å². The van der Waals surface area contributed by atoms with E-state index in [0.717, 1.165) is 0 Å². The molecule has 1 aromatic carbocycles. The zero-order valence-corrected chi connectivity index (χ0v) is 11.3. The summed E-state index contributed by atoms with van der Waals surface area (Å²) in [6.45, 7) is 2.24. The van der Waals surface area contributed by atoms with Crippen molar-refractivity contribution in [2.75, 3.05) is 13.7 Å². The maximum atomic E-state index is 11.9. The summed E-state index contributed by atoms with van der Waals surface area (Å²) in [5.41, 5.74) is 0. The van der Waals surface area contributed by atoms with Crippen molar-refractivity contribution in [3.8, 4) is 5.75 Å². The SMILES string of the molecule is CCNP(=O)(OC)Oc1ccc(Cl)cc1Cl. The molecule has 0 radical (unpaired) electrons. The lowest BCUT2D eigenvalue weighted by atomic mass is 10.3. The van der Waals surface area contributed by atoms with Crippen LogP contribution in [0.5, 0.6) is 5.75 Å². The molecule has 90 valence electrons. The zero-order chi connectivity index (χ0) is 12.2. The van der Waals surface area contributed by atoms with Crippen molar-refractivity contribution in [1.29, 1.82) is 0 Å². The molecule has 0 aliphatic rings. The second-order valence-electron chi connectivity index (χ2n) is 2.86. The summed E-state index contributed by atoms with van der Waals surface area (Å²) in [4.78, 5) is 0. The Bertz CT molecular complexity index is 414. The fourth-order valence-electron chi connectivity index (χ4n) is 1.01. The molecule has 0 aliphatic heterocycles. The van der Waals surface area contributed by atoms with Gasteiger partial charge in [-0.15, -0.1) is 0 Å². The molecular formula is C9H12Cl2NO3P. The van der Waals surface area contributed by atoms with Gasteiger partial charge >= 0.3 is 7.75 Å². The van der Waals surface area contributed by atoms with Crippen LogP contribution in [0.2, 0.25) is 10.0 Å². The third kappa shape index (κ3) is 3.65. The minimum absolute atomic E-state index is 0.261. The smallest absolute Gasteiger partial charge is 0.412 e. The molecule has 1 unspecified atom stereocenters. The Morgan fingerprint density at radius 3 is 2.62 bits per heavy atom. The highest BCUT2D eigenvalue weighted by molar-refractivity contribution is 7.52. The largest absolute Gasteiger partial charge is 0.458 e. The van der Waals surface area contributed by atoms with Crippen LogP contribution in [0.4, 0.5) is 0 Å². The molecule has 4 nitrogen and oxygen atoms in total. The van der Waals surface area contributed by atoms with Crippen LogP contribution in [-0.4, -0.2) is 13.7 Å². The molecule has 1 atom stereocenters. The van der Waals surface area contributed by atoms with Gasteiger partial charge in [-0.3, -0.25) is 4.52 Å². The summed E-state index contributed by atoms with van der Waals surface area (Å²) in [7, 11) is -2.04. The highest BCUT2D eigenvalue weighted by atomic mass is 35.5. The van der Waals surface area contributed by atoms with Gasteiger partial charge in [0.05, 0.1) is 5.02 Å². The molecule has 0 aliphatic carbocycles. The third-order valence-corrected chi connectivity index (χ3v) is 3.86. The molecule has 7 heteroatoms. The van der Waals surface area contributed by atoms with Gasteiger partial charge in [0.15, 0.2) is 0 Å². The quantitative estimate of drug-likeness (QED) is 0.837. The van der Waals surface area contributed by atoms with E-state index in [1.165, 1.54) is 19.2 Å². The lowest BCUT2D eigenvalue weighted by Gasteiger charge is -2.17. The Labute approximate surface area is 104 Å². The van der Waals surface area contributed by atoms with Gasteiger partial charge < -0.3 is 4.52 Å². The van der Waals surface area contributed by atoms with E-state index < -0.39 is 7.75 Å². The summed E-state index contributed by atoms with van der Waals surface area (Å²) in [6.07, 6.45) is 0. The fourth-order valence-corrected chi connectivity index (χ4v) is 2.58. The van der Waals surface area contributed by atoms with E-state index in [4.69, 9.17) is 32.2 Å². The van der Waals surface area contributed by atoms with E-state index in [1.54, 1.807) is 13.0 Å². The van der Waals surface area contributed by atoms with Crippen molar-refractivity contribution >= 4 is 30.9 Å². The van der Waals surface area contributed by atoms with Crippen molar-refractivity contribution < 1.29 is 13.6 Å². The normalized spacial score (nSPS) is 14.5. The highest BCUT2D eigenvalue weighted by Crippen LogP contribution is 2.45. The van der Waals surface area contributed by atoms with E-state index in [0.29, 0.717) is 11.6 Å². The lowest BCUT2D eigenvalue weighted by molar-refractivity contribution is 0.310. The van der Waals surface area contributed by atoms with Crippen molar-refractivity contribution in [3.05, 3.63) is 28.2 Å². The second kappa shape index (κ2) is 5.89. The average molecular weight is 284 g/mol. The first-order valence-electron chi connectivity index (χ1n) is 4.56. The molecule has 0 heterocycles. The predicted octanol–water partition coefficient (Wildman–Crippen LogP) is 3.74. The third-order valence-electron chi connectivity index (χ3n) is 1.70. The van der Waals surface area contributed by atoms with E-state index in [9.17, 15) is 4.57 Å². The number of hydrogen-bond acceptors (Lipinski definition) is 3. The molecule has 0 fully saturated rings. The lowest BCUT2D eigenvalue weighted by Crippen LogP contribution is -2.15. The number of rotatable bonds is 5. The van der Waals surface area contributed by atoms with Gasteiger partial charge in [0.2, 0.25) is 0 Å². The van der Waals surface area contributed by atoms with Crippen LogP contribution in [-0.2, 0) is 9.09 Å². The number of nitrogens with one attached hydrogen (secondary N) is 1. The standard InChI is InChI=1S/C9H12Cl2NO3P/c1-3-12-16(13,14-2)15-9-5-4-7(10)6-8(9)11/h4-6H,3H2,1-2H3,(H,12,13). The topological polar surface area (TPSA) is 47.6 Å². The summed E-state index contributed by atoms with van der Waals surface area (Å²) in [6, 6.07) is 4.63. The first-order chi connectivity index (χ1) is 7.50. The van der Waals surface area contributed by atoms with Crippen LogP contribution in [0.1, 0.15) is 6.92 Å². The summed E-state index contributed by atoms with van der Waals surface area (Å²) >= 11 is 11.6. The van der Waals surface area contributed by atoms with Crippen molar-refractivity contribution in [1.82, 2.24) is 5.09 Å². The van der Waals surface area contributed by atoms with Crippen molar-refractivity contribution in [3.63, 3.8) is 0 Å². The summed E-state index contributed by atoms with van der Waals surface area (Å²) in [5.74, 6) is 0.261. The average Bonchev–Trinajstić information content (AvgIpc) is 2.23. The minimum Gasteiger partial charge on any atom is -0.412 e. The van der Waals surface area contributed by atoms with Crippen LogP contribution in [0.25, 0.3) is 0 Å². The molecule has 1 rings (SSSR count). The van der Waals surface area contributed by atoms with E-state index in [1.807, 2.05) is 0 Å². The van der Waals surface area contributed by atoms with Crippen LogP contribution in [0.3, 0.4) is 0 Å². The van der Waals surface area contributed by atoms with Crippen LogP contribution < -0.4 is 9.61 Å². The molecule has 0 spiro atoms. The Hall–Kier alpha value is -0.250. The predicted molar refractivity (Wildman–Crippen MR) is 65.4 cm³/mol. The number of benzene rings is 1. The summed E-state index contributed by atoms with van der Waals surface area (Å²) in [5, 5.41) is 3.38. The Balaban J connectivity index is 2.90. The van der Waals surface area contributed by atoms with Crippen molar-refractivity contribution in [2.45, 2.75) is 6.92 Å². The number of halogens is 2. The first-order valence-corrected chi connectivity index (χ1v) is 6.86. The molecular weight excluding hydrogens is 272 g/mol. The van der Waals surface area contributed by atoms with Crippen molar-refractivity contribution in [2.24, 2.45) is 0 Å². The number of hydrogen-bond donors (Lipinski definition) is 1. The minimum atomic E-state index is -3.34. The van der Waals surface area contributed by atoms with E-state index in [2.05, 4.69) is 5.09 Å². The molecule has 1 N–H and O–H groups in total. The van der Waals surface area contributed by atoms with E-state index in [-0.39, 0.29) is 10.8 Å². The summed E-state index contributed by atoms with van der Waals surface area (Å²) < 4.78 is 21.9. The molecule has 0 amide bonds. The highest BCUT2D eigenvalue weighted by Gasteiger charge is 2.24. The fraction of sp³-hybridized carbons (Fsp3) is 0.333. The Kier molecular flexibility index (Phi) is 5.09. The molecule has 1 aromatic rings. The van der Waals surface area contributed by atoms with Gasteiger partial charge in [-0.25, -0.2) is 9.65 Å². The second-order valence-corrected chi connectivity index (χ2v) is 5.56. The molecule has 0 aromatic heterocycles. The maximum absolute atomic E-state index is 11.9. The Morgan fingerprint density at radius 2 is 2.12 bits per heavy atom. The molecule has 0 saturated carbocycles. The Morgan fingerprint density at radius 1 is 1.44 bits per heavy atom. The van der Waals surface area contributed by atoms with Gasteiger partial charge in [-0.2, -0.15) is 0 Å². The van der Waals surface area contributed by atoms with Crippen LogP contribution in [0.15, 0.2) is 18.2 Å². The van der Waals surface area contributed by atoms with Crippen LogP contribution in [0, 0.1) is 0 Å².